The summed E-state index contributed by atoms with van der Waals surface area (Å²) in [5.41, 5.74) is 1.00. The van der Waals surface area contributed by atoms with E-state index < -0.39 is 9.84 Å². The molecule has 1 aromatic rings. The fourth-order valence-electron chi connectivity index (χ4n) is 5.99. The second-order valence-electron chi connectivity index (χ2n) is 8.72. The number of sulfone groups is 1. The lowest BCUT2D eigenvalue weighted by Crippen LogP contribution is -2.47. The Morgan fingerprint density at radius 3 is 2.04 bits per heavy atom. The maximum atomic E-state index is 12.3. The predicted molar refractivity (Wildman–Crippen MR) is 97.1 cm³/mol. The number of nitrogens with one attached hydrogen (secondary N) is 1. The van der Waals surface area contributed by atoms with Gasteiger partial charge in [-0.2, -0.15) is 0 Å². The highest BCUT2D eigenvalue weighted by Gasteiger charge is 2.50. The number of benzene rings is 1. The van der Waals surface area contributed by atoms with Gasteiger partial charge < -0.3 is 5.32 Å². The summed E-state index contributed by atoms with van der Waals surface area (Å²) in [5, 5.41) is 3.04. The van der Waals surface area contributed by atoms with Gasteiger partial charge in [-0.1, -0.05) is 0 Å². The molecule has 0 radical (unpaired) electrons. The number of carbonyl (C=O) groups excluding carboxylic acids is 1. The first-order valence-corrected chi connectivity index (χ1v) is 11.3. The van der Waals surface area contributed by atoms with E-state index in [2.05, 4.69) is 5.32 Å². The number of hydrogen-bond acceptors (Lipinski definition) is 3. The minimum Gasteiger partial charge on any atom is -0.352 e. The van der Waals surface area contributed by atoms with E-state index in [1.54, 1.807) is 12.1 Å². The highest BCUT2D eigenvalue weighted by molar-refractivity contribution is 7.90. The zero-order chi connectivity index (χ0) is 17.7. The molecular weight excluding hydrogens is 334 g/mol. The topological polar surface area (TPSA) is 63.2 Å². The smallest absolute Gasteiger partial charge is 0.251 e. The van der Waals surface area contributed by atoms with Gasteiger partial charge in [0.15, 0.2) is 9.84 Å². The minimum atomic E-state index is -3.22. The van der Waals surface area contributed by atoms with E-state index in [0.717, 1.165) is 30.7 Å². The third-order valence-electron chi connectivity index (χ3n) is 6.65. The van der Waals surface area contributed by atoms with Gasteiger partial charge in [0, 0.05) is 18.4 Å². The number of hydrogen-bond donors (Lipinski definition) is 1. The van der Waals surface area contributed by atoms with E-state index in [9.17, 15) is 13.2 Å². The minimum absolute atomic E-state index is 0.107. The van der Waals surface area contributed by atoms with Crippen molar-refractivity contribution in [2.24, 2.45) is 23.2 Å². The predicted octanol–water partition coefficient (Wildman–Crippen LogP) is 3.43. The Labute approximate surface area is 150 Å². The lowest BCUT2D eigenvalue weighted by atomic mass is 9.49. The van der Waals surface area contributed by atoms with Crippen LogP contribution < -0.4 is 5.32 Å². The molecule has 5 heteroatoms. The SMILES string of the molecule is CS(=O)(=O)c1ccc(C(=O)NCCC23CC4CC(CC(C4)C2)C3)cc1. The normalized spacial score (nSPS) is 33.4. The molecule has 0 aliphatic heterocycles. The van der Waals surface area contributed by atoms with Crippen LogP contribution in [0.5, 0.6) is 0 Å². The molecule has 0 spiro atoms. The Morgan fingerprint density at radius 2 is 1.56 bits per heavy atom. The standard InChI is InChI=1S/C20H27NO3S/c1-25(23,24)18-4-2-17(3-5-18)19(22)21-7-6-20-11-14-8-15(12-20)10-16(9-14)13-20/h2-5,14-16H,6-13H2,1H3,(H,21,22). The highest BCUT2D eigenvalue weighted by Crippen LogP contribution is 2.61. The molecule has 1 aromatic carbocycles. The van der Waals surface area contributed by atoms with Crippen molar-refractivity contribution < 1.29 is 13.2 Å². The molecule has 0 heterocycles. The van der Waals surface area contributed by atoms with Crippen LogP contribution in [-0.2, 0) is 9.84 Å². The summed E-state index contributed by atoms with van der Waals surface area (Å²) >= 11 is 0. The van der Waals surface area contributed by atoms with Crippen LogP contribution in [0.4, 0.5) is 0 Å². The van der Waals surface area contributed by atoms with Crippen molar-refractivity contribution in [2.45, 2.75) is 49.8 Å². The van der Waals surface area contributed by atoms with Gasteiger partial charge in [-0.3, -0.25) is 4.79 Å². The van der Waals surface area contributed by atoms with E-state index in [1.165, 1.54) is 56.9 Å². The van der Waals surface area contributed by atoms with Gasteiger partial charge >= 0.3 is 0 Å². The van der Waals surface area contributed by atoms with Gasteiger partial charge in [-0.05, 0) is 92.4 Å². The average molecular weight is 362 g/mol. The zero-order valence-electron chi connectivity index (χ0n) is 14.8. The van der Waals surface area contributed by atoms with Gasteiger partial charge in [-0.25, -0.2) is 8.42 Å². The van der Waals surface area contributed by atoms with E-state index in [0.29, 0.717) is 11.0 Å². The molecule has 0 aromatic heterocycles. The molecule has 1 amide bonds. The van der Waals surface area contributed by atoms with Crippen LogP contribution in [0, 0.1) is 23.2 Å². The maximum Gasteiger partial charge on any atom is 0.251 e. The maximum absolute atomic E-state index is 12.3. The Bertz CT molecular complexity index is 731. The fourth-order valence-corrected chi connectivity index (χ4v) is 6.62. The molecule has 0 unspecified atom stereocenters. The molecule has 4 aliphatic rings. The van der Waals surface area contributed by atoms with Gasteiger partial charge in [0.25, 0.3) is 5.91 Å². The lowest BCUT2D eigenvalue weighted by molar-refractivity contribution is -0.0564. The molecule has 136 valence electrons. The molecule has 25 heavy (non-hydrogen) atoms. The third-order valence-corrected chi connectivity index (χ3v) is 7.78. The van der Waals surface area contributed by atoms with Gasteiger partial charge in [0.05, 0.1) is 4.90 Å². The Hall–Kier alpha value is -1.36. The van der Waals surface area contributed by atoms with Crippen LogP contribution >= 0.6 is 0 Å². The van der Waals surface area contributed by atoms with Crippen LogP contribution in [0.2, 0.25) is 0 Å². The first-order chi connectivity index (χ1) is 11.8. The monoisotopic (exact) mass is 361 g/mol. The van der Waals surface area contributed by atoms with Crippen LogP contribution in [-0.4, -0.2) is 27.1 Å². The van der Waals surface area contributed by atoms with Gasteiger partial charge in [-0.15, -0.1) is 0 Å². The molecular formula is C20H27NO3S. The summed E-state index contributed by atoms with van der Waals surface area (Å²) in [6, 6.07) is 6.19. The van der Waals surface area contributed by atoms with Crippen LogP contribution in [0.1, 0.15) is 55.3 Å². The number of carbonyl (C=O) groups is 1. The van der Waals surface area contributed by atoms with Crippen molar-refractivity contribution in [1.29, 1.82) is 0 Å². The summed E-state index contributed by atoms with van der Waals surface area (Å²) in [4.78, 5) is 12.6. The van der Waals surface area contributed by atoms with E-state index in [1.807, 2.05) is 0 Å². The van der Waals surface area contributed by atoms with Crippen molar-refractivity contribution in [3.05, 3.63) is 29.8 Å². The first kappa shape index (κ1) is 17.1. The second-order valence-corrected chi connectivity index (χ2v) is 10.7. The number of rotatable bonds is 5. The molecule has 4 bridgehead atoms. The first-order valence-electron chi connectivity index (χ1n) is 9.41. The lowest BCUT2D eigenvalue weighted by Gasteiger charge is -2.57. The van der Waals surface area contributed by atoms with Crippen LogP contribution in [0.3, 0.4) is 0 Å². The van der Waals surface area contributed by atoms with E-state index in [-0.39, 0.29) is 10.8 Å². The van der Waals surface area contributed by atoms with E-state index >= 15 is 0 Å². The molecule has 4 nitrogen and oxygen atoms in total. The molecule has 4 saturated carbocycles. The second kappa shape index (κ2) is 6.11. The van der Waals surface area contributed by atoms with Crippen molar-refractivity contribution >= 4 is 15.7 Å². The van der Waals surface area contributed by atoms with Crippen LogP contribution in [0.15, 0.2) is 29.2 Å². The molecule has 4 fully saturated rings. The largest absolute Gasteiger partial charge is 0.352 e. The molecule has 1 N–H and O–H groups in total. The van der Waals surface area contributed by atoms with Crippen LogP contribution in [0.25, 0.3) is 0 Å². The fraction of sp³-hybridized carbons (Fsp3) is 0.650. The molecule has 0 atom stereocenters. The average Bonchev–Trinajstić information content (AvgIpc) is 2.52. The van der Waals surface area contributed by atoms with Crippen molar-refractivity contribution in [2.75, 3.05) is 12.8 Å². The Balaban J connectivity index is 1.33. The summed E-state index contributed by atoms with van der Waals surface area (Å²) < 4.78 is 23.0. The molecule has 5 rings (SSSR count). The highest BCUT2D eigenvalue weighted by atomic mass is 32.2. The summed E-state index contributed by atoms with van der Waals surface area (Å²) in [6.07, 6.45) is 10.7. The van der Waals surface area contributed by atoms with Gasteiger partial charge in [0.2, 0.25) is 0 Å². The van der Waals surface area contributed by atoms with Crippen molar-refractivity contribution in [1.82, 2.24) is 5.32 Å². The van der Waals surface area contributed by atoms with E-state index in [4.69, 9.17) is 0 Å². The molecule has 0 saturated heterocycles. The van der Waals surface area contributed by atoms with Crippen molar-refractivity contribution in [3.63, 3.8) is 0 Å². The Kier molecular flexibility index (Phi) is 4.18. The van der Waals surface area contributed by atoms with Crippen molar-refractivity contribution in [3.8, 4) is 0 Å². The summed E-state index contributed by atoms with van der Waals surface area (Å²) in [5.74, 6) is 2.70. The summed E-state index contributed by atoms with van der Waals surface area (Å²) in [6.45, 7) is 0.721. The zero-order valence-corrected chi connectivity index (χ0v) is 15.6. The third kappa shape index (κ3) is 3.48. The van der Waals surface area contributed by atoms with Gasteiger partial charge in [0.1, 0.15) is 0 Å². The summed E-state index contributed by atoms with van der Waals surface area (Å²) in [7, 11) is -3.22. The number of amides is 1. The molecule has 4 aliphatic carbocycles. The quantitative estimate of drug-likeness (QED) is 0.874. The Morgan fingerprint density at radius 1 is 1.04 bits per heavy atom.